The normalized spacial score (nSPS) is 15.7. The van der Waals surface area contributed by atoms with Crippen molar-refractivity contribution in [2.45, 2.75) is 17.5 Å². The molecule has 1 aliphatic heterocycles. The number of amides is 1. The van der Waals surface area contributed by atoms with Crippen molar-refractivity contribution in [1.29, 1.82) is 0 Å². The lowest BCUT2D eigenvalue weighted by Gasteiger charge is -2.37. The van der Waals surface area contributed by atoms with Gasteiger partial charge in [-0.1, -0.05) is 54.6 Å². The van der Waals surface area contributed by atoms with Crippen LogP contribution in [0.4, 0.5) is 5.69 Å². The number of nitrogens with zero attached hydrogens (tertiary/aromatic N) is 3. The van der Waals surface area contributed by atoms with E-state index in [1.54, 1.807) is 11.8 Å². The molecule has 148 valence electrons. The van der Waals surface area contributed by atoms with Crippen LogP contribution in [0.15, 0.2) is 94.7 Å². The van der Waals surface area contributed by atoms with E-state index in [9.17, 15) is 9.59 Å². The molecule has 0 saturated carbocycles. The Morgan fingerprint density at radius 2 is 1.70 bits per heavy atom. The number of aromatic nitrogens is 2. The van der Waals surface area contributed by atoms with Crippen LogP contribution in [-0.2, 0) is 11.3 Å². The van der Waals surface area contributed by atoms with Gasteiger partial charge in [-0.05, 0) is 29.8 Å². The van der Waals surface area contributed by atoms with Gasteiger partial charge in [0.05, 0.1) is 29.0 Å². The topological polar surface area (TPSA) is 55.2 Å². The highest BCUT2D eigenvalue weighted by Gasteiger charge is 2.32. The molecule has 0 N–H and O–H groups in total. The molecule has 0 aliphatic carbocycles. The Kier molecular flexibility index (Phi) is 4.85. The maximum Gasteiger partial charge on any atom is 0.269 e. The molecule has 0 unspecified atom stereocenters. The number of thioether (sulfide) groups is 1. The monoisotopic (exact) mass is 413 g/mol. The number of rotatable bonds is 3. The van der Waals surface area contributed by atoms with Crippen molar-refractivity contribution in [3.63, 3.8) is 0 Å². The molecule has 5 nitrogen and oxygen atoms in total. The molecule has 1 amide bonds. The van der Waals surface area contributed by atoms with Crippen LogP contribution in [0.5, 0.6) is 0 Å². The molecule has 0 spiro atoms. The number of fused-ring (bicyclic) bond motifs is 2. The molecule has 4 aromatic rings. The molecule has 5 rings (SSSR count). The number of anilines is 1. The van der Waals surface area contributed by atoms with E-state index in [1.165, 1.54) is 10.8 Å². The van der Waals surface area contributed by atoms with Gasteiger partial charge in [-0.25, -0.2) is 4.98 Å². The lowest BCUT2D eigenvalue weighted by molar-refractivity contribution is -0.119. The lowest BCUT2D eigenvalue weighted by Crippen LogP contribution is -2.42. The van der Waals surface area contributed by atoms with Crippen molar-refractivity contribution in [3.05, 3.63) is 101 Å². The number of hydrogen-bond donors (Lipinski definition) is 0. The highest BCUT2D eigenvalue weighted by Crippen LogP contribution is 2.43. The molecule has 2 heterocycles. The maximum atomic E-state index is 13.6. The van der Waals surface area contributed by atoms with Gasteiger partial charge in [0, 0.05) is 10.6 Å². The van der Waals surface area contributed by atoms with E-state index in [-0.39, 0.29) is 24.1 Å². The Hall–Kier alpha value is -3.38. The fourth-order valence-electron chi connectivity index (χ4n) is 3.91. The minimum absolute atomic E-state index is 0.0375. The molecule has 0 bridgehead atoms. The van der Waals surface area contributed by atoms with Gasteiger partial charge >= 0.3 is 0 Å². The fourth-order valence-corrected chi connectivity index (χ4v) is 5.08. The Morgan fingerprint density at radius 1 is 0.967 bits per heavy atom. The third kappa shape index (κ3) is 3.29. The third-order valence-electron chi connectivity index (χ3n) is 5.33. The van der Waals surface area contributed by atoms with Gasteiger partial charge in [0.15, 0.2) is 0 Å². The average Bonchev–Trinajstić information content (AvgIpc) is 2.80. The number of carbonyl (C=O) groups is 1. The van der Waals surface area contributed by atoms with E-state index < -0.39 is 0 Å². The van der Waals surface area contributed by atoms with E-state index in [1.807, 2.05) is 83.8 Å². The van der Waals surface area contributed by atoms with Crippen molar-refractivity contribution in [2.75, 3.05) is 10.7 Å². The largest absolute Gasteiger partial charge is 0.301 e. The summed E-state index contributed by atoms with van der Waals surface area (Å²) in [6.07, 6.45) is 1.28. The van der Waals surface area contributed by atoms with Gasteiger partial charge in [0.2, 0.25) is 5.91 Å². The smallest absolute Gasteiger partial charge is 0.269 e. The molecule has 30 heavy (non-hydrogen) atoms. The van der Waals surface area contributed by atoms with Crippen LogP contribution in [0, 0.1) is 0 Å². The Bertz CT molecular complexity index is 1290. The van der Waals surface area contributed by atoms with E-state index in [2.05, 4.69) is 4.98 Å². The van der Waals surface area contributed by atoms with E-state index in [0.717, 1.165) is 21.9 Å². The second-order valence-corrected chi connectivity index (χ2v) is 8.20. The Balaban J connectivity index is 1.59. The van der Waals surface area contributed by atoms with Crippen molar-refractivity contribution in [2.24, 2.45) is 0 Å². The fraction of sp³-hybridized carbons (Fsp3) is 0.125. The summed E-state index contributed by atoms with van der Waals surface area (Å²) in [6.45, 7) is -0.0375. The third-order valence-corrected chi connectivity index (χ3v) is 6.47. The Labute approximate surface area is 178 Å². The zero-order chi connectivity index (χ0) is 20.5. The van der Waals surface area contributed by atoms with Crippen molar-refractivity contribution in [3.8, 4) is 0 Å². The summed E-state index contributed by atoms with van der Waals surface area (Å²) >= 11 is 1.75. The quantitative estimate of drug-likeness (QED) is 0.503. The standard InChI is InChI=1S/C24H19N3O2S/c28-23-14-25-18-10-4-5-11-19(18)26(23)15-24(29)27-20-12-6-7-13-22(20)30-16-21(27)17-8-2-1-3-9-17/h1-14,21H,15-16H2/t21-/m1/s1. The Morgan fingerprint density at radius 3 is 2.57 bits per heavy atom. The van der Waals surface area contributed by atoms with Crippen LogP contribution in [0.1, 0.15) is 11.6 Å². The van der Waals surface area contributed by atoms with E-state index in [4.69, 9.17) is 0 Å². The SMILES string of the molecule is O=C(Cn1c(=O)cnc2ccccc21)N1c2ccccc2SC[C@@H]1c1ccccc1. The average molecular weight is 414 g/mol. The molecule has 0 fully saturated rings. The van der Waals surface area contributed by atoms with Gasteiger partial charge in [0.25, 0.3) is 5.56 Å². The minimum atomic E-state index is -0.280. The highest BCUT2D eigenvalue weighted by atomic mass is 32.2. The molecule has 6 heteroatoms. The van der Waals surface area contributed by atoms with E-state index >= 15 is 0 Å². The number of para-hydroxylation sites is 3. The molecule has 0 radical (unpaired) electrons. The molecule has 1 atom stereocenters. The number of benzene rings is 3. The predicted molar refractivity (Wildman–Crippen MR) is 120 cm³/mol. The lowest BCUT2D eigenvalue weighted by atomic mass is 10.1. The summed E-state index contributed by atoms with van der Waals surface area (Å²) in [7, 11) is 0. The number of hydrogen-bond acceptors (Lipinski definition) is 4. The first-order chi connectivity index (χ1) is 14.7. The van der Waals surface area contributed by atoms with Crippen molar-refractivity contribution < 1.29 is 4.79 Å². The van der Waals surface area contributed by atoms with Gasteiger partial charge in [0.1, 0.15) is 6.54 Å². The highest BCUT2D eigenvalue weighted by molar-refractivity contribution is 7.99. The van der Waals surface area contributed by atoms with Gasteiger partial charge in [-0.2, -0.15) is 0 Å². The second-order valence-electron chi connectivity index (χ2n) is 7.14. The van der Waals surface area contributed by atoms with Crippen LogP contribution in [-0.4, -0.2) is 21.2 Å². The van der Waals surface area contributed by atoms with Crippen LogP contribution in [0.25, 0.3) is 11.0 Å². The molecular weight excluding hydrogens is 394 g/mol. The zero-order valence-corrected chi connectivity index (χ0v) is 17.0. The molecule has 3 aromatic carbocycles. The first kappa shape index (κ1) is 18.6. The number of carbonyl (C=O) groups excluding carboxylic acids is 1. The van der Waals surface area contributed by atoms with Crippen LogP contribution >= 0.6 is 11.8 Å². The van der Waals surface area contributed by atoms with Crippen LogP contribution in [0.2, 0.25) is 0 Å². The predicted octanol–water partition coefficient (Wildman–Crippen LogP) is 4.28. The van der Waals surface area contributed by atoms with Crippen LogP contribution < -0.4 is 10.5 Å². The molecule has 0 saturated heterocycles. The van der Waals surface area contributed by atoms with Gasteiger partial charge < -0.3 is 4.90 Å². The van der Waals surface area contributed by atoms with Crippen LogP contribution in [0.3, 0.4) is 0 Å². The molecule has 1 aromatic heterocycles. The first-order valence-corrected chi connectivity index (χ1v) is 10.7. The van der Waals surface area contributed by atoms with E-state index in [0.29, 0.717) is 11.0 Å². The summed E-state index contributed by atoms with van der Waals surface area (Å²) in [4.78, 5) is 33.3. The van der Waals surface area contributed by atoms with Gasteiger partial charge in [-0.3, -0.25) is 14.2 Å². The summed E-state index contributed by atoms with van der Waals surface area (Å²) < 4.78 is 1.51. The van der Waals surface area contributed by atoms with Crippen molar-refractivity contribution in [1.82, 2.24) is 9.55 Å². The summed E-state index contributed by atoms with van der Waals surface area (Å²) in [5, 5.41) is 0. The maximum absolute atomic E-state index is 13.6. The summed E-state index contributed by atoms with van der Waals surface area (Å²) in [5.74, 6) is 0.647. The zero-order valence-electron chi connectivity index (χ0n) is 16.1. The second kappa shape index (κ2) is 7.80. The molecule has 1 aliphatic rings. The summed E-state index contributed by atoms with van der Waals surface area (Å²) in [5.41, 5.74) is 3.05. The minimum Gasteiger partial charge on any atom is -0.301 e. The first-order valence-electron chi connectivity index (χ1n) is 9.76. The summed E-state index contributed by atoms with van der Waals surface area (Å²) in [6, 6.07) is 25.3. The van der Waals surface area contributed by atoms with Crippen molar-refractivity contribution >= 4 is 34.4 Å². The molecular formula is C24H19N3O2S. The van der Waals surface area contributed by atoms with Gasteiger partial charge in [-0.15, -0.1) is 11.8 Å².